The number of alkyl carbamates (subject to hydrolysis) is 1. The van der Waals surface area contributed by atoms with E-state index in [0.29, 0.717) is 12.5 Å². The van der Waals surface area contributed by atoms with Gasteiger partial charge in [0.1, 0.15) is 11.9 Å². The maximum Gasteiger partial charge on any atom is 0.407 e. The van der Waals surface area contributed by atoms with Crippen LogP contribution in [0.4, 0.5) is 9.18 Å². The number of esters is 1. The first-order valence-electron chi connectivity index (χ1n) is 13.0. The summed E-state index contributed by atoms with van der Waals surface area (Å²) in [6.07, 6.45) is 9.15. The molecule has 0 unspecified atom stereocenters. The molecule has 1 aliphatic heterocycles. The fourth-order valence-corrected chi connectivity index (χ4v) is 6.69. The molecule has 1 amide bonds. The summed E-state index contributed by atoms with van der Waals surface area (Å²) in [6, 6.07) is 10.3. The van der Waals surface area contributed by atoms with Gasteiger partial charge in [-0.15, -0.1) is 0 Å². The Morgan fingerprint density at radius 1 is 1.22 bits per heavy atom. The van der Waals surface area contributed by atoms with Crippen molar-refractivity contribution in [1.82, 2.24) is 10.3 Å². The van der Waals surface area contributed by atoms with E-state index in [1.54, 1.807) is 19.2 Å². The second kappa shape index (κ2) is 10.4. The summed E-state index contributed by atoms with van der Waals surface area (Å²) in [6.45, 7) is 4.12. The zero-order chi connectivity index (χ0) is 25.2. The monoisotopic (exact) mass is 492 g/mol. The number of aromatic nitrogens is 1. The first-order chi connectivity index (χ1) is 17.4. The zero-order valence-corrected chi connectivity index (χ0v) is 20.7. The Morgan fingerprint density at radius 2 is 2.08 bits per heavy atom. The number of halogens is 1. The van der Waals surface area contributed by atoms with E-state index in [1.165, 1.54) is 12.1 Å². The summed E-state index contributed by atoms with van der Waals surface area (Å²) in [5.41, 5.74) is 2.45. The van der Waals surface area contributed by atoms with Gasteiger partial charge in [-0.25, -0.2) is 9.18 Å². The topological polar surface area (TPSA) is 77.5 Å². The summed E-state index contributed by atoms with van der Waals surface area (Å²) < 4.78 is 24.4. The van der Waals surface area contributed by atoms with E-state index in [-0.39, 0.29) is 53.7 Å². The van der Waals surface area contributed by atoms with Crippen LogP contribution in [0.3, 0.4) is 0 Å². The van der Waals surface area contributed by atoms with Gasteiger partial charge in [-0.05, 0) is 80.7 Å². The summed E-state index contributed by atoms with van der Waals surface area (Å²) in [5, 5.41) is 3.07. The second-order valence-electron chi connectivity index (χ2n) is 10.2. The van der Waals surface area contributed by atoms with Crippen LogP contribution in [0.15, 0.2) is 48.7 Å². The van der Waals surface area contributed by atoms with Crippen molar-refractivity contribution in [1.29, 1.82) is 0 Å². The van der Waals surface area contributed by atoms with Crippen LogP contribution in [0.1, 0.15) is 45.2 Å². The lowest BCUT2D eigenvalue weighted by molar-refractivity contribution is -0.144. The maximum atomic E-state index is 13.6. The molecule has 1 saturated heterocycles. The minimum atomic E-state index is -0.387. The third-order valence-electron chi connectivity index (χ3n) is 8.21. The number of carbonyl (C=O) groups excluding carboxylic acids is 2. The molecule has 6 nitrogen and oxygen atoms in total. The number of carbonyl (C=O) groups is 2. The number of ether oxygens (including phenoxy) is 2. The lowest BCUT2D eigenvalue weighted by Crippen LogP contribution is -2.52. The number of pyridine rings is 1. The molecule has 1 aromatic carbocycles. The van der Waals surface area contributed by atoms with Crippen LogP contribution in [0.2, 0.25) is 0 Å². The molecule has 0 radical (unpaired) electrons. The fourth-order valence-electron chi connectivity index (χ4n) is 6.69. The first-order valence-corrected chi connectivity index (χ1v) is 13.0. The predicted octanol–water partition coefficient (Wildman–Crippen LogP) is 5.63. The molecule has 7 heteroatoms. The summed E-state index contributed by atoms with van der Waals surface area (Å²) in [7, 11) is 0. The molecule has 7 atom stereocenters. The molecule has 0 spiro atoms. The Kier molecular flexibility index (Phi) is 7.08. The SMILES string of the molecule is CCOC(=O)N[C@H]1CCC[C@H]2[C@H](/C=C/c3ccc(-c4cccc(F)c4)cn3)[C@@H]3[C@@H](C)OC(=O)[C@@H]3C[C@@H]21. The normalized spacial score (nSPS) is 31.4. The number of hydrogen-bond donors (Lipinski definition) is 1. The van der Waals surface area contributed by atoms with Gasteiger partial charge < -0.3 is 14.8 Å². The Bertz CT molecular complexity index is 1130. The molecule has 3 fully saturated rings. The van der Waals surface area contributed by atoms with Crippen LogP contribution in [0, 0.1) is 35.4 Å². The molecule has 3 aliphatic rings. The molecule has 2 saturated carbocycles. The third kappa shape index (κ3) is 4.88. The molecule has 1 aromatic heterocycles. The number of allylic oxidation sites excluding steroid dienone is 1. The summed E-state index contributed by atoms with van der Waals surface area (Å²) in [4.78, 5) is 29.5. The number of rotatable bonds is 5. The quantitative estimate of drug-likeness (QED) is 0.548. The van der Waals surface area contributed by atoms with E-state index in [0.717, 1.165) is 42.5 Å². The van der Waals surface area contributed by atoms with Crippen LogP contribution < -0.4 is 5.32 Å². The van der Waals surface area contributed by atoms with E-state index >= 15 is 0 Å². The van der Waals surface area contributed by atoms with Crippen LogP contribution >= 0.6 is 0 Å². The van der Waals surface area contributed by atoms with Crippen LogP contribution in [0.25, 0.3) is 17.2 Å². The Balaban J connectivity index is 1.39. The predicted molar refractivity (Wildman–Crippen MR) is 134 cm³/mol. The van der Waals surface area contributed by atoms with E-state index < -0.39 is 0 Å². The van der Waals surface area contributed by atoms with Crippen molar-refractivity contribution in [3.05, 3.63) is 60.2 Å². The number of nitrogens with one attached hydrogen (secondary N) is 1. The van der Waals surface area contributed by atoms with Gasteiger partial charge in [0.2, 0.25) is 0 Å². The Hall–Kier alpha value is -3.22. The minimum absolute atomic E-state index is 0.00738. The highest BCUT2D eigenvalue weighted by molar-refractivity contribution is 5.76. The molecule has 2 heterocycles. The van der Waals surface area contributed by atoms with Gasteiger partial charge >= 0.3 is 12.1 Å². The van der Waals surface area contributed by atoms with Crippen molar-refractivity contribution in [3.63, 3.8) is 0 Å². The highest BCUT2D eigenvalue weighted by Crippen LogP contribution is 2.53. The van der Waals surface area contributed by atoms with Gasteiger partial charge in [-0.3, -0.25) is 9.78 Å². The number of fused-ring (bicyclic) bond motifs is 2. The molecule has 2 aliphatic carbocycles. The van der Waals surface area contributed by atoms with Crippen molar-refractivity contribution in [2.45, 2.75) is 51.7 Å². The van der Waals surface area contributed by atoms with Crippen molar-refractivity contribution >= 4 is 18.1 Å². The van der Waals surface area contributed by atoms with Gasteiger partial charge in [0.05, 0.1) is 18.2 Å². The average molecular weight is 493 g/mol. The number of benzene rings is 1. The Morgan fingerprint density at radius 3 is 2.83 bits per heavy atom. The average Bonchev–Trinajstić information content (AvgIpc) is 3.15. The fraction of sp³-hybridized carbons (Fsp3) is 0.483. The molecule has 190 valence electrons. The number of amides is 1. The molecule has 0 bridgehead atoms. The van der Waals surface area contributed by atoms with E-state index in [9.17, 15) is 14.0 Å². The van der Waals surface area contributed by atoms with Crippen molar-refractivity contribution in [3.8, 4) is 11.1 Å². The van der Waals surface area contributed by atoms with Crippen LogP contribution in [-0.2, 0) is 14.3 Å². The van der Waals surface area contributed by atoms with Gasteiger partial charge in [0, 0.05) is 23.7 Å². The molecule has 1 N–H and O–H groups in total. The van der Waals surface area contributed by atoms with Gasteiger partial charge in [0.15, 0.2) is 0 Å². The molecular weight excluding hydrogens is 459 g/mol. The largest absolute Gasteiger partial charge is 0.462 e. The third-order valence-corrected chi connectivity index (χ3v) is 8.21. The molecular formula is C29H33FN2O4. The van der Waals surface area contributed by atoms with Gasteiger partial charge in [-0.1, -0.05) is 30.7 Å². The van der Waals surface area contributed by atoms with Crippen LogP contribution in [0.5, 0.6) is 0 Å². The maximum absolute atomic E-state index is 13.6. The van der Waals surface area contributed by atoms with Gasteiger partial charge in [0.25, 0.3) is 0 Å². The Labute approximate surface area is 211 Å². The lowest BCUT2D eigenvalue weighted by Gasteiger charge is -2.49. The first kappa shape index (κ1) is 24.5. The van der Waals surface area contributed by atoms with Crippen molar-refractivity contribution in [2.75, 3.05) is 6.61 Å². The standard InChI is InChI=1S/C29H33FN2O4/c1-3-35-29(34)32-26-9-5-8-22-23(27-17(2)36-28(33)25(27)15-24(22)26)13-12-21-11-10-19(16-31-21)18-6-4-7-20(30)14-18/h4,6-7,10-14,16-17,22-27H,3,5,8-9,15H2,1-2H3,(H,32,34)/b13-12+/t17-,22+,23+,24+,25-,26+,27+/m1/s1. The lowest BCUT2D eigenvalue weighted by atomic mass is 9.56. The smallest absolute Gasteiger partial charge is 0.407 e. The molecule has 36 heavy (non-hydrogen) atoms. The van der Waals surface area contributed by atoms with Gasteiger partial charge in [-0.2, -0.15) is 0 Å². The molecule has 5 rings (SSSR count). The second-order valence-corrected chi connectivity index (χ2v) is 10.2. The van der Waals surface area contributed by atoms with E-state index in [4.69, 9.17) is 9.47 Å². The highest BCUT2D eigenvalue weighted by atomic mass is 19.1. The minimum Gasteiger partial charge on any atom is -0.462 e. The van der Waals surface area contributed by atoms with Crippen LogP contribution in [-0.4, -0.2) is 35.8 Å². The van der Waals surface area contributed by atoms with E-state index in [2.05, 4.69) is 16.4 Å². The van der Waals surface area contributed by atoms with E-state index in [1.807, 2.05) is 31.2 Å². The number of nitrogens with zero attached hydrogens (tertiary/aromatic N) is 1. The zero-order valence-electron chi connectivity index (χ0n) is 20.7. The highest BCUT2D eigenvalue weighted by Gasteiger charge is 2.55. The van der Waals surface area contributed by atoms with Crippen molar-refractivity contribution < 1.29 is 23.5 Å². The molecule has 2 aromatic rings. The number of cyclic esters (lactones) is 1. The number of hydrogen-bond acceptors (Lipinski definition) is 5. The van der Waals surface area contributed by atoms with Crippen molar-refractivity contribution in [2.24, 2.45) is 29.6 Å². The summed E-state index contributed by atoms with van der Waals surface area (Å²) in [5.74, 6) is 0.233. The summed E-state index contributed by atoms with van der Waals surface area (Å²) >= 11 is 0.